The summed E-state index contributed by atoms with van der Waals surface area (Å²) in [5, 5.41) is 8.87. The van der Waals surface area contributed by atoms with Crippen molar-refractivity contribution in [3.8, 4) is 17.0 Å². The number of hydrogen-bond donors (Lipinski definition) is 1. The van der Waals surface area contributed by atoms with Gasteiger partial charge < -0.3 is 9.84 Å². The Hall–Kier alpha value is -2.36. The van der Waals surface area contributed by atoms with Crippen molar-refractivity contribution in [2.75, 3.05) is 7.11 Å². The molecule has 18 heavy (non-hydrogen) atoms. The number of aliphatic carboxylic acids is 1. The minimum Gasteiger partial charge on any atom is -0.497 e. The first-order valence-electron chi connectivity index (χ1n) is 5.51. The number of rotatable bonds is 4. The molecule has 2 aromatic rings. The fraction of sp³-hybridized carbons (Fsp3) is 0.143. The molecule has 0 aliphatic carbocycles. The normalized spacial score (nSPS) is 10.1. The van der Waals surface area contributed by atoms with Crippen LogP contribution in [0.4, 0.5) is 0 Å². The highest BCUT2D eigenvalue weighted by molar-refractivity contribution is 5.75. The van der Waals surface area contributed by atoms with Gasteiger partial charge in [-0.1, -0.05) is 6.07 Å². The van der Waals surface area contributed by atoms with E-state index >= 15 is 0 Å². The maximum Gasteiger partial charge on any atom is 0.307 e. The molecular weight excluding hydrogens is 230 g/mol. The summed E-state index contributed by atoms with van der Waals surface area (Å²) in [5.41, 5.74) is 2.28. The lowest BCUT2D eigenvalue weighted by molar-refractivity contribution is -0.136. The Labute approximate surface area is 105 Å². The van der Waals surface area contributed by atoms with Gasteiger partial charge in [0.25, 0.3) is 0 Å². The summed E-state index contributed by atoms with van der Waals surface area (Å²) in [4.78, 5) is 15.1. The zero-order chi connectivity index (χ0) is 13.0. The summed E-state index contributed by atoms with van der Waals surface area (Å²) in [6.45, 7) is 0. The number of methoxy groups -OCH3 is 1. The maximum absolute atomic E-state index is 10.8. The second kappa shape index (κ2) is 5.31. The van der Waals surface area contributed by atoms with Gasteiger partial charge in [-0.05, 0) is 35.9 Å². The topological polar surface area (TPSA) is 59.4 Å². The second-order valence-corrected chi connectivity index (χ2v) is 3.81. The zero-order valence-corrected chi connectivity index (χ0v) is 9.96. The van der Waals surface area contributed by atoms with Gasteiger partial charge in [-0.15, -0.1) is 0 Å². The highest BCUT2D eigenvalue weighted by atomic mass is 16.5. The number of benzene rings is 1. The first-order valence-corrected chi connectivity index (χ1v) is 5.51. The molecule has 1 aromatic carbocycles. The van der Waals surface area contributed by atoms with Gasteiger partial charge in [-0.3, -0.25) is 9.78 Å². The Bertz CT molecular complexity index is 549. The van der Waals surface area contributed by atoms with Crippen LogP contribution in [0.5, 0.6) is 5.75 Å². The minimum absolute atomic E-state index is 0.0325. The Morgan fingerprint density at radius 2 is 2.00 bits per heavy atom. The van der Waals surface area contributed by atoms with Gasteiger partial charge in [0.05, 0.1) is 19.2 Å². The van der Waals surface area contributed by atoms with E-state index in [9.17, 15) is 4.79 Å². The van der Waals surface area contributed by atoms with E-state index in [1.54, 1.807) is 25.4 Å². The number of carboxylic acid groups (broad SMARTS) is 1. The number of aromatic nitrogens is 1. The Morgan fingerprint density at radius 1 is 1.28 bits per heavy atom. The molecule has 0 unspecified atom stereocenters. The average molecular weight is 243 g/mol. The van der Waals surface area contributed by atoms with Crippen LogP contribution in [0, 0.1) is 0 Å². The third kappa shape index (κ3) is 2.66. The molecule has 1 N–H and O–H groups in total. The van der Waals surface area contributed by atoms with Crippen molar-refractivity contribution >= 4 is 5.97 Å². The van der Waals surface area contributed by atoms with E-state index < -0.39 is 5.97 Å². The van der Waals surface area contributed by atoms with Gasteiger partial charge in [0, 0.05) is 11.8 Å². The van der Waals surface area contributed by atoms with Crippen molar-refractivity contribution in [3.05, 3.63) is 48.2 Å². The summed E-state index contributed by atoms with van der Waals surface area (Å²) in [6.07, 6.45) is 1.63. The molecule has 0 bridgehead atoms. The highest BCUT2D eigenvalue weighted by Gasteiger charge is 2.09. The standard InChI is InChI=1S/C14H13NO3/c1-18-12-6-4-10(5-7-12)14-11(9-13(16)17)3-2-8-15-14/h2-8H,9H2,1H3,(H,16,17). The first-order chi connectivity index (χ1) is 8.70. The molecule has 0 radical (unpaired) electrons. The van der Waals surface area contributed by atoms with Crippen molar-refractivity contribution < 1.29 is 14.6 Å². The minimum atomic E-state index is -0.863. The predicted molar refractivity (Wildman–Crippen MR) is 67.6 cm³/mol. The monoisotopic (exact) mass is 243 g/mol. The number of hydrogen-bond acceptors (Lipinski definition) is 3. The number of pyridine rings is 1. The van der Waals surface area contributed by atoms with Crippen LogP contribution in [-0.4, -0.2) is 23.2 Å². The lowest BCUT2D eigenvalue weighted by atomic mass is 10.0. The number of nitrogens with zero attached hydrogens (tertiary/aromatic N) is 1. The van der Waals surface area contributed by atoms with Crippen LogP contribution in [0.3, 0.4) is 0 Å². The predicted octanol–water partition coefficient (Wildman–Crippen LogP) is 2.38. The fourth-order valence-corrected chi connectivity index (χ4v) is 1.75. The van der Waals surface area contributed by atoms with Crippen LogP contribution < -0.4 is 4.74 Å². The quantitative estimate of drug-likeness (QED) is 0.895. The maximum atomic E-state index is 10.8. The first kappa shape index (κ1) is 12.1. The van der Waals surface area contributed by atoms with Gasteiger partial charge in [-0.2, -0.15) is 0 Å². The largest absolute Gasteiger partial charge is 0.497 e. The van der Waals surface area contributed by atoms with Crippen molar-refractivity contribution in [1.82, 2.24) is 4.98 Å². The van der Waals surface area contributed by atoms with E-state index in [2.05, 4.69) is 4.98 Å². The van der Waals surface area contributed by atoms with Crippen LogP contribution in [-0.2, 0) is 11.2 Å². The summed E-state index contributed by atoms with van der Waals surface area (Å²) in [7, 11) is 1.60. The summed E-state index contributed by atoms with van der Waals surface area (Å²) in [5.74, 6) is -0.104. The fourth-order valence-electron chi connectivity index (χ4n) is 1.75. The zero-order valence-electron chi connectivity index (χ0n) is 9.96. The van der Waals surface area contributed by atoms with Crippen LogP contribution in [0.1, 0.15) is 5.56 Å². The van der Waals surface area contributed by atoms with Crippen LogP contribution in [0.2, 0.25) is 0 Å². The Morgan fingerprint density at radius 3 is 2.61 bits per heavy atom. The molecule has 4 heteroatoms. The molecule has 0 spiro atoms. The smallest absolute Gasteiger partial charge is 0.307 e. The summed E-state index contributed by atoms with van der Waals surface area (Å²) >= 11 is 0. The Kier molecular flexibility index (Phi) is 3.57. The molecule has 0 aliphatic heterocycles. The van der Waals surface area contributed by atoms with Crippen LogP contribution in [0.15, 0.2) is 42.6 Å². The molecule has 1 heterocycles. The van der Waals surface area contributed by atoms with Gasteiger partial charge in [0.2, 0.25) is 0 Å². The van der Waals surface area contributed by atoms with E-state index in [1.807, 2.05) is 24.3 Å². The molecule has 0 fully saturated rings. The molecule has 92 valence electrons. The lowest BCUT2D eigenvalue weighted by Crippen LogP contribution is -2.02. The Balaban J connectivity index is 2.39. The second-order valence-electron chi connectivity index (χ2n) is 3.81. The van der Waals surface area contributed by atoms with E-state index in [0.717, 1.165) is 11.3 Å². The number of carbonyl (C=O) groups is 1. The number of ether oxygens (including phenoxy) is 1. The van der Waals surface area contributed by atoms with Crippen molar-refractivity contribution in [1.29, 1.82) is 0 Å². The SMILES string of the molecule is COc1ccc(-c2ncccc2CC(=O)O)cc1. The number of carboxylic acids is 1. The molecule has 0 saturated heterocycles. The van der Waals surface area contributed by atoms with Crippen LogP contribution >= 0.6 is 0 Å². The van der Waals surface area contributed by atoms with E-state index in [-0.39, 0.29) is 6.42 Å². The molecule has 4 nitrogen and oxygen atoms in total. The average Bonchev–Trinajstić information content (AvgIpc) is 2.39. The lowest BCUT2D eigenvalue weighted by Gasteiger charge is -2.07. The molecule has 1 aromatic heterocycles. The van der Waals surface area contributed by atoms with Gasteiger partial charge in [-0.25, -0.2) is 0 Å². The van der Waals surface area contributed by atoms with E-state index in [0.29, 0.717) is 11.3 Å². The van der Waals surface area contributed by atoms with E-state index in [4.69, 9.17) is 9.84 Å². The third-order valence-corrected chi connectivity index (χ3v) is 2.60. The molecule has 0 aliphatic rings. The van der Waals surface area contributed by atoms with Gasteiger partial charge >= 0.3 is 5.97 Å². The highest BCUT2D eigenvalue weighted by Crippen LogP contribution is 2.23. The molecule has 0 amide bonds. The van der Waals surface area contributed by atoms with Crippen LogP contribution in [0.25, 0.3) is 11.3 Å². The molecule has 2 rings (SSSR count). The van der Waals surface area contributed by atoms with Gasteiger partial charge in [0.1, 0.15) is 5.75 Å². The van der Waals surface area contributed by atoms with Gasteiger partial charge in [0.15, 0.2) is 0 Å². The van der Waals surface area contributed by atoms with E-state index in [1.165, 1.54) is 0 Å². The molecular formula is C14H13NO3. The van der Waals surface area contributed by atoms with Crippen molar-refractivity contribution in [2.45, 2.75) is 6.42 Å². The molecule has 0 atom stereocenters. The summed E-state index contributed by atoms with van der Waals surface area (Å²) < 4.78 is 5.09. The molecule has 0 saturated carbocycles. The third-order valence-electron chi connectivity index (χ3n) is 2.60. The van der Waals surface area contributed by atoms with Crippen molar-refractivity contribution in [2.24, 2.45) is 0 Å². The van der Waals surface area contributed by atoms with Crippen molar-refractivity contribution in [3.63, 3.8) is 0 Å². The summed E-state index contributed by atoms with van der Waals surface area (Å²) in [6, 6.07) is 10.9.